The van der Waals surface area contributed by atoms with Crippen molar-refractivity contribution in [3.63, 3.8) is 0 Å². The lowest BCUT2D eigenvalue weighted by Gasteiger charge is -2.09. The Bertz CT molecular complexity index is 99.8. The van der Waals surface area contributed by atoms with Crippen molar-refractivity contribution in [2.24, 2.45) is 5.92 Å². The van der Waals surface area contributed by atoms with Gasteiger partial charge in [-0.2, -0.15) is 0 Å². The molecule has 0 spiro atoms. The van der Waals surface area contributed by atoms with E-state index in [1.807, 2.05) is 13.8 Å². The van der Waals surface area contributed by atoms with Crippen LogP contribution in [-0.2, 0) is 4.79 Å². The summed E-state index contributed by atoms with van der Waals surface area (Å²) in [6.45, 7) is 4.33. The van der Waals surface area contributed by atoms with Gasteiger partial charge < -0.3 is 10.4 Å². The van der Waals surface area contributed by atoms with E-state index in [1.54, 1.807) is 0 Å². The summed E-state index contributed by atoms with van der Waals surface area (Å²) < 4.78 is 0. The highest BCUT2D eigenvalue weighted by Gasteiger charge is 2.12. The average Bonchev–Trinajstić information content (AvgIpc) is 1.91. The molecule has 1 unspecified atom stereocenters. The maximum atomic E-state index is 10.9. The molecular weight excluding hydrogens is 130 g/mol. The second-order valence-corrected chi connectivity index (χ2v) is 2.18. The van der Waals surface area contributed by atoms with E-state index in [9.17, 15) is 4.79 Å². The third kappa shape index (κ3) is 2.82. The monoisotopic (exact) mass is 145 g/mol. The predicted octanol–water partition coefficient (Wildman–Crippen LogP) is 0.141. The highest BCUT2D eigenvalue weighted by atomic mass is 16.3. The number of carbonyl (C=O) groups is 1. The third-order valence-corrected chi connectivity index (χ3v) is 1.43. The van der Waals surface area contributed by atoms with Crippen LogP contribution < -0.4 is 5.32 Å². The minimum absolute atomic E-state index is 0.0486. The Balaban J connectivity index is 3.65. The first-order valence-electron chi connectivity index (χ1n) is 3.64. The first kappa shape index (κ1) is 9.43. The van der Waals surface area contributed by atoms with Crippen LogP contribution in [0.25, 0.3) is 0 Å². The van der Waals surface area contributed by atoms with Crippen LogP contribution in [-0.4, -0.2) is 24.2 Å². The van der Waals surface area contributed by atoms with Crippen molar-refractivity contribution in [2.45, 2.75) is 20.3 Å². The van der Waals surface area contributed by atoms with Crippen molar-refractivity contribution >= 4 is 5.91 Å². The molecule has 60 valence electrons. The lowest BCUT2D eigenvalue weighted by molar-refractivity contribution is -0.126. The Morgan fingerprint density at radius 1 is 1.60 bits per heavy atom. The number of nitrogens with one attached hydrogen (secondary N) is 1. The summed E-state index contributed by atoms with van der Waals surface area (Å²) in [7, 11) is 0. The van der Waals surface area contributed by atoms with Crippen molar-refractivity contribution in [3.05, 3.63) is 0 Å². The summed E-state index contributed by atoms with van der Waals surface area (Å²) in [5.74, 6) is -0.271. The number of amides is 1. The number of carbonyl (C=O) groups excluding carboxylic acids is 1. The van der Waals surface area contributed by atoms with Crippen LogP contribution >= 0.6 is 0 Å². The molecule has 0 rings (SSSR count). The van der Waals surface area contributed by atoms with Crippen LogP contribution in [0.5, 0.6) is 0 Å². The topological polar surface area (TPSA) is 49.3 Å². The Hall–Kier alpha value is -0.570. The van der Waals surface area contributed by atoms with Gasteiger partial charge in [-0.25, -0.2) is 0 Å². The molecule has 0 aromatic heterocycles. The lowest BCUT2D eigenvalue weighted by Crippen LogP contribution is -2.31. The second-order valence-electron chi connectivity index (χ2n) is 2.18. The van der Waals surface area contributed by atoms with Gasteiger partial charge in [0.05, 0.1) is 12.5 Å². The third-order valence-electron chi connectivity index (χ3n) is 1.43. The summed E-state index contributed by atoms with van der Waals surface area (Å²) in [5, 5.41) is 11.3. The van der Waals surface area contributed by atoms with E-state index >= 15 is 0 Å². The predicted molar refractivity (Wildman–Crippen MR) is 39.6 cm³/mol. The van der Waals surface area contributed by atoms with E-state index in [-0.39, 0.29) is 18.4 Å². The standard InChI is InChI=1S/C7H15NO2/c1-3-6(5-9)7(10)8-4-2/h6,9H,3-5H2,1-2H3,(H,8,10). The molecule has 3 nitrogen and oxygen atoms in total. The molecule has 2 N–H and O–H groups in total. The van der Waals surface area contributed by atoms with Gasteiger partial charge in [-0.3, -0.25) is 4.79 Å². The zero-order valence-corrected chi connectivity index (χ0v) is 6.55. The fraction of sp³-hybridized carbons (Fsp3) is 0.857. The first-order valence-corrected chi connectivity index (χ1v) is 3.64. The van der Waals surface area contributed by atoms with Crippen molar-refractivity contribution in [1.82, 2.24) is 5.32 Å². The summed E-state index contributed by atoms with van der Waals surface area (Å²) in [5.41, 5.74) is 0. The Morgan fingerprint density at radius 2 is 2.20 bits per heavy atom. The second kappa shape index (κ2) is 5.23. The molecule has 0 bridgehead atoms. The summed E-state index contributed by atoms with van der Waals surface area (Å²) in [4.78, 5) is 10.9. The van der Waals surface area contributed by atoms with Crippen LogP contribution in [0.2, 0.25) is 0 Å². The van der Waals surface area contributed by atoms with Gasteiger partial charge in [0.25, 0.3) is 0 Å². The fourth-order valence-corrected chi connectivity index (χ4v) is 0.716. The van der Waals surface area contributed by atoms with E-state index in [4.69, 9.17) is 5.11 Å². The molecule has 3 heteroatoms. The molecule has 0 radical (unpaired) electrons. The normalized spacial score (nSPS) is 12.7. The molecule has 0 aromatic carbocycles. The van der Waals surface area contributed by atoms with Crippen LogP contribution in [0.1, 0.15) is 20.3 Å². The van der Waals surface area contributed by atoms with E-state index < -0.39 is 0 Å². The lowest BCUT2D eigenvalue weighted by atomic mass is 10.1. The fourth-order valence-electron chi connectivity index (χ4n) is 0.716. The molecule has 0 saturated heterocycles. The van der Waals surface area contributed by atoms with Crippen LogP contribution in [0.15, 0.2) is 0 Å². The number of rotatable bonds is 4. The SMILES string of the molecule is CCNC(=O)C(CC)CO. The van der Waals surface area contributed by atoms with Gasteiger partial charge in [-0.05, 0) is 13.3 Å². The Morgan fingerprint density at radius 3 is 2.50 bits per heavy atom. The summed E-state index contributed by atoms with van der Waals surface area (Å²) >= 11 is 0. The van der Waals surface area contributed by atoms with E-state index in [1.165, 1.54) is 0 Å². The van der Waals surface area contributed by atoms with Crippen molar-refractivity contribution in [3.8, 4) is 0 Å². The van der Waals surface area contributed by atoms with Gasteiger partial charge in [-0.1, -0.05) is 6.92 Å². The van der Waals surface area contributed by atoms with Crippen molar-refractivity contribution < 1.29 is 9.90 Å². The van der Waals surface area contributed by atoms with Gasteiger partial charge in [0.1, 0.15) is 0 Å². The molecule has 0 aromatic rings. The highest BCUT2D eigenvalue weighted by molar-refractivity contribution is 5.78. The minimum Gasteiger partial charge on any atom is -0.396 e. The smallest absolute Gasteiger partial charge is 0.225 e. The number of hydrogen-bond acceptors (Lipinski definition) is 2. The molecule has 1 amide bonds. The molecule has 0 fully saturated rings. The van der Waals surface area contributed by atoms with E-state index in [0.717, 1.165) is 0 Å². The molecule has 0 aliphatic rings. The van der Waals surface area contributed by atoms with E-state index in [0.29, 0.717) is 13.0 Å². The quantitative estimate of drug-likeness (QED) is 0.591. The van der Waals surface area contributed by atoms with Gasteiger partial charge >= 0.3 is 0 Å². The highest BCUT2D eigenvalue weighted by Crippen LogP contribution is 1.99. The number of aliphatic hydroxyl groups is 1. The zero-order chi connectivity index (χ0) is 7.98. The summed E-state index contributed by atoms with van der Waals surface area (Å²) in [6, 6.07) is 0. The average molecular weight is 145 g/mol. The van der Waals surface area contributed by atoms with Crippen LogP contribution in [0.4, 0.5) is 0 Å². The first-order chi connectivity index (χ1) is 4.76. The maximum Gasteiger partial charge on any atom is 0.225 e. The van der Waals surface area contributed by atoms with Gasteiger partial charge in [0, 0.05) is 6.54 Å². The molecular formula is C7H15NO2. The van der Waals surface area contributed by atoms with Crippen molar-refractivity contribution in [2.75, 3.05) is 13.2 Å². The Kier molecular flexibility index (Phi) is 4.94. The maximum absolute atomic E-state index is 10.9. The molecule has 0 aliphatic heterocycles. The molecule has 1 atom stereocenters. The largest absolute Gasteiger partial charge is 0.396 e. The zero-order valence-electron chi connectivity index (χ0n) is 6.55. The van der Waals surface area contributed by atoms with Crippen LogP contribution in [0.3, 0.4) is 0 Å². The molecule has 0 aliphatic carbocycles. The molecule has 0 saturated carbocycles. The van der Waals surface area contributed by atoms with E-state index in [2.05, 4.69) is 5.32 Å². The number of aliphatic hydroxyl groups excluding tert-OH is 1. The molecule has 0 heterocycles. The van der Waals surface area contributed by atoms with Crippen LogP contribution in [0, 0.1) is 5.92 Å². The summed E-state index contributed by atoms with van der Waals surface area (Å²) in [6.07, 6.45) is 0.697. The van der Waals surface area contributed by atoms with Gasteiger partial charge in [-0.15, -0.1) is 0 Å². The molecule has 10 heavy (non-hydrogen) atoms. The Labute approximate surface area is 61.4 Å². The van der Waals surface area contributed by atoms with Crippen molar-refractivity contribution in [1.29, 1.82) is 0 Å². The van der Waals surface area contributed by atoms with Gasteiger partial charge in [0.15, 0.2) is 0 Å². The number of hydrogen-bond donors (Lipinski definition) is 2. The van der Waals surface area contributed by atoms with Gasteiger partial charge in [0.2, 0.25) is 5.91 Å². The minimum atomic E-state index is -0.222.